The molecule has 2 nitrogen and oxygen atoms in total. The summed E-state index contributed by atoms with van der Waals surface area (Å²) in [6, 6.07) is 8.20. The summed E-state index contributed by atoms with van der Waals surface area (Å²) in [5.41, 5.74) is 3.44. The van der Waals surface area contributed by atoms with Gasteiger partial charge in [0.25, 0.3) is 0 Å². The van der Waals surface area contributed by atoms with Crippen LogP contribution in [0.1, 0.15) is 152 Å². The quantitative estimate of drug-likeness (QED) is 0.184. The van der Waals surface area contributed by atoms with Crippen molar-refractivity contribution >= 4 is 11.5 Å². The van der Waals surface area contributed by atoms with Crippen LogP contribution in [-0.2, 0) is 4.74 Å². The third-order valence-electron chi connectivity index (χ3n) is 8.51. The Labute approximate surface area is 216 Å². The van der Waals surface area contributed by atoms with Crippen LogP contribution in [-0.4, -0.2) is 12.1 Å². The van der Waals surface area contributed by atoms with E-state index >= 15 is 0 Å². The lowest BCUT2D eigenvalue weighted by molar-refractivity contribution is 0.0161. The molecule has 1 aromatic rings. The first-order chi connectivity index (χ1) is 17.2. The molecule has 1 atom stereocenters. The Bertz CT molecular complexity index is 739. The van der Waals surface area contributed by atoms with Crippen molar-refractivity contribution < 1.29 is 9.53 Å². The second-order valence-corrected chi connectivity index (χ2v) is 11.4. The number of benzene rings is 1. The molecule has 0 aromatic heterocycles. The average molecular weight is 481 g/mol. The van der Waals surface area contributed by atoms with E-state index in [1.807, 2.05) is 12.1 Å². The largest absolute Gasteiger partial charge is 0.459 e. The fourth-order valence-electron chi connectivity index (χ4n) is 6.06. The van der Waals surface area contributed by atoms with Gasteiger partial charge in [-0.1, -0.05) is 109 Å². The van der Waals surface area contributed by atoms with E-state index in [-0.39, 0.29) is 12.1 Å². The molecular weight excluding hydrogens is 428 g/mol. The van der Waals surface area contributed by atoms with Crippen LogP contribution in [0.4, 0.5) is 0 Å². The van der Waals surface area contributed by atoms with Crippen LogP contribution in [0.25, 0.3) is 5.57 Å². The van der Waals surface area contributed by atoms with Crippen molar-refractivity contribution in [1.82, 2.24) is 0 Å². The monoisotopic (exact) mass is 480 g/mol. The highest BCUT2D eigenvalue weighted by atomic mass is 16.5. The van der Waals surface area contributed by atoms with E-state index in [9.17, 15) is 4.79 Å². The van der Waals surface area contributed by atoms with Gasteiger partial charge in [0.2, 0.25) is 0 Å². The van der Waals surface area contributed by atoms with Crippen molar-refractivity contribution in [1.29, 1.82) is 0 Å². The van der Waals surface area contributed by atoms with Crippen LogP contribution in [0.2, 0.25) is 0 Å². The summed E-state index contributed by atoms with van der Waals surface area (Å²) in [4.78, 5) is 12.7. The van der Waals surface area contributed by atoms with Crippen molar-refractivity contribution in [3.63, 3.8) is 0 Å². The zero-order valence-corrected chi connectivity index (χ0v) is 22.9. The van der Waals surface area contributed by atoms with E-state index in [0.29, 0.717) is 5.56 Å². The smallest absolute Gasteiger partial charge is 0.338 e. The number of carbonyl (C=O) groups is 1. The first-order valence-corrected chi connectivity index (χ1v) is 15.2. The topological polar surface area (TPSA) is 26.3 Å². The molecule has 2 aliphatic carbocycles. The number of carbonyl (C=O) groups excluding carboxylic acids is 1. The van der Waals surface area contributed by atoms with E-state index in [2.05, 4.69) is 32.1 Å². The fourth-order valence-corrected chi connectivity index (χ4v) is 6.06. The van der Waals surface area contributed by atoms with Gasteiger partial charge in [0, 0.05) is 0 Å². The van der Waals surface area contributed by atoms with E-state index < -0.39 is 0 Å². The Kier molecular flexibility index (Phi) is 13.0. The molecule has 1 fully saturated rings. The van der Waals surface area contributed by atoms with Crippen LogP contribution >= 0.6 is 0 Å². The number of hydrogen-bond acceptors (Lipinski definition) is 2. The van der Waals surface area contributed by atoms with Gasteiger partial charge in [0.05, 0.1) is 5.56 Å². The normalized spacial score (nSPS) is 22.6. The first kappa shape index (κ1) is 28.0. The van der Waals surface area contributed by atoms with Gasteiger partial charge in [-0.15, -0.1) is 0 Å². The van der Waals surface area contributed by atoms with E-state index in [1.54, 1.807) is 0 Å². The zero-order valence-electron chi connectivity index (χ0n) is 22.9. The molecule has 3 rings (SSSR count). The van der Waals surface area contributed by atoms with Gasteiger partial charge < -0.3 is 4.74 Å². The number of ether oxygens (including phenoxy) is 1. The standard InChI is InChI=1S/C33H52O2/c1-3-5-7-9-10-12-14-27-15-19-29(20-16-27)30-21-23-31(24-22-30)33(34)35-32-25-17-28(18-26-32)13-11-8-6-4-2/h19,21-24,27-28,32H,3-18,20,25-26H2,1-2H3/t27?,28-,32-. The summed E-state index contributed by atoms with van der Waals surface area (Å²) in [6.45, 7) is 4.56. The second-order valence-electron chi connectivity index (χ2n) is 11.4. The highest BCUT2D eigenvalue weighted by Crippen LogP contribution is 2.34. The maximum atomic E-state index is 12.7. The number of hydrogen-bond donors (Lipinski definition) is 0. The molecule has 35 heavy (non-hydrogen) atoms. The van der Waals surface area contributed by atoms with Crippen LogP contribution in [0.5, 0.6) is 0 Å². The molecular formula is C33H52O2. The predicted molar refractivity (Wildman–Crippen MR) is 150 cm³/mol. The van der Waals surface area contributed by atoms with Crippen LogP contribution < -0.4 is 0 Å². The molecule has 0 heterocycles. The van der Waals surface area contributed by atoms with Gasteiger partial charge in [-0.3, -0.25) is 0 Å². The maximum absolute atomic E-state index is 12.7. The minimum absolute atomic E-state index is 0.110. The zero-order chi connectivity index (χ0) is 24.7. The molecule has 2 heteroatoms. The molecule has 1 aromatic carbocycles. The molecule has 0 amide bonds. The lowest BCUT2D eigenvalue weighted by atomic mass is 9.83. The van der Waals surface area contributed by atoms with E-state index in [1.165, 1.54) is 120 Å². The number of unbranched alkanes of at least 4 members (excludes halogenated alkanes) is 8. The number of allylic oxidation sites excluding steroid dienone is 2. The third kappa shape index (κ3) is 10.1. The van der Waals surface area contributed by atoms with Gasteiger partial charge in [0.1, 0.15) is 6.10 Å². The summed E-state index contributed by atoms with van der Waals surface area (Å²) in [7, 11) is 0. The molecule has 1 saturated carbocycles. The van der Waals surface area contributed by atoms with Crippen LogP contribution in [0.3, 0.4) is 0 Å². The lowest BCUT2D eigenvalue weighted by Gasteiger charge is -2.28. The van der Waals surface area contributed by atoms with Crippen molar-refractivity contribution in [2.24, 2.45) is 11.8 Å². The van der Waals surface area contributed by atoms with Crippen molar-refractivity contribution in [2.75, 3.05) is 0 Å². The van der Waals surface area contributed by atoms with Crippen molar-refractivity contribution in [3.05, 3.63) is 41.5 Å². The molecule has 2 aliphatic rings. The summed E-state index contributed by atoms with van der Waals surface area (Å²) < 4.78 is 5.88. The van der Waals surface area contributed by atoms with Gasteiger partial charge in [0.15, 0.2) is 0 Å². The Morgan fingerprint density at radius 2 is 1.34 bits per heavy atom. The lowest BCUT2D eigenvalue weighted by Crippen LogP contribution is -2.24. The van der Waals surface area contributed by atoms with Gasteiger partial charge >= 0.3 is 5.97 Å². The van der Waals surface area contributed by atoms with Crippen molar-refractivity contribution in [2.45, 2.75) is 142 Å². The average Bonchev–Trinajstić information content (AvgIpc) is 2.90. The molecule has 196 valence electrons. The minimum atomic E-state index is -0.139. The fraction of sp³-hybridized carbons (Fsp3) is 0.727. The molecule has 0 saturated heterocycles. The Morgan fingerprint density at radius 3 is 1.97 bits per heavy atom. The number of rotatable bonds is 15. The third-order valence-corrected chi connectivity index (χ3v) is 8.51. The summed E-state index contributed by atoms with van der Waals surface area (Å²) >= 11 is 0. The molecule has 0 N–H and O–H groups in total. The summed E-state index contributed by atoms with van der Waals surface area (Å²) in [5, 5.41) is 0. The second kappa shape index (κ2) is 16.2. The minimum Gasteiger partial charge on any atom is -0.459 e. The summed E-state index contributed by atoms with van der Waals surface area (Å²) in [6.07, 6.45) is 27.3. The highest BCUT2D eigenvalue weighted by Gasteiger charge is 2.24. The SMILES string of the molecule is CCCCCCCCC1CC=C(c2ccc(C(=O)O[C@H]3CC[C@H](CCCCCC)CC3)cc2)CC1. The van der Waals surface area contributed by atoms with Crippen LogP contribution in [0.15, 0.2) is 30.3 Å². The molecule has 0 spiro atoms. The molecule has 1 unspecified atom stereocenters. The highest BCUT2D eigenvalue weighted by molar-refractivity contribution is 5.90. The van der Waals surface area contributed by atoms with Crippen LogP contribution in [0, 0.1) is 11.8 Å². The van der Waals surface area contributed by atoms with E-state index in [0.717, 1.165) is 24.7 Å². The Hall–Kier alpha value is -1.57. The first-order valence-electron chi connectivity index (χ1n) is 15.2. The van der Waals surface area contributed by atoms with Gasteiger partial charge in [-0.25, -0.2) is 4.79 Å². The Balaban J connectivity index is 1.35. The number of esters is 1. The van der Waals surface area contributed by atoms with Gasteiger partial charge in [-0.05, 0) is 80.1 Å². The van der Waals surface area contributed by atoms with E-state index in [4.69, 9.17) is 4.74 Å². The van der Waals surface area contributed by atoms with Crippen molar-refractivity contribution in [3.8, 4) is 0 Å². The summed E-state index contributed by atoms with van der Waals surface area (Å²) in [5.74, 6) is 1.57. The van der Waals surface area contributed by atoms with Gasteiger partial charge in [-0.2, -0.15) is 0 Å². The molecule has 0 aliphatic heterocycles. The Morgan fingerprint density at radius 1 is 0.743 bits per heavy atom. The molecule has 0 radical (unpaired) electrons. The maximum Gasteiger partial charge on any atom is 0.338 e. The molecule has 0 bridgehead atoms. The predicted octanol–water partition coefficient (Wildman–Crippen LogP) is 10.3.